The van der Waals surface area contributed by atoms with Crippen LogP contribution in [0.1, 0.15) is 5.69 Å². The van der Waals surface area contributed by atoms with Crippen LogP contribution in [0.3, 0.4) is 0 Å². The molecule has 1 aromatic heterocycles. The van der Waals surface area contributed by atoms with Gasteiger partial charge in [-0.2, -0.15) is 0 Å². The highest BCUT2D eigenvalue weighted by Crippen LogP contribution is 2.44. The molecule has 0 unspecified atom stereocenters. The Bertz CT molecular complexity index is 1940. The van der Waals surface area contributed by atoms with E-state index in [0.29, 0.717) is 0 Å². The van der Waals surface area contributed by atoms with Crippen molar-refractivity contribution in [2.24, 2.45) is 0 Å². The van der Waals surface area contributed by atoms with Gasteiger partial charge in [0, 0.05) is 17.5 Å². The Morgan fingerprint density at radius 2 is 0.923 bits per heavy atom. The minimum atomic E-state index is 0.755. The van der Waals surface area contributed by atoms with Crippen molar-refractivity contribution in [2.45, 2.75) is 6.92 Å². The fourth-order valence-corrected chi connectivity index (χ4v) is 5.59. The topological polar surface area (TPSA) is 25.8 Å². The summed E-state index contributed by atoms with van der Waals surface area (Å²) in [4.78, 5) is 9.04. The summed E-state index contributed by atoms with van der Waals surface area (Å²) < 4.78 is 0. The quantitative estimate of drug-likeness (QED) is 0.226. The summed E-state index contributed by atoms with van der Waals surface area (Å²) >= 11 is 0. The van der Waals surface area contributed by atoms with Gasteiger partial charge in [-0.15, -0.1) is 0 Å². The fraction of sp³-hybridized carbons (Fsp3) is 0.0270. The third-order valence-corrected chi connectivity index (χ3v) is 7.42. The fourth-order valence-electron chi connectivity index (χ4n) is 5.59. The monoisotopic (exact) mass is 498 g/mol. The van der Waals surface area contributed by atoms with E-state index in [4.69, 9.17) is 0 Å². The first kappa shape index (κ1) is 23.1. The van der Waals surface area contributed by atoms with Crippen LogP contribution in [0.4, 0.5) is 0 Å². The number of hydrogen-bond donors (Lipinski definition) is 0. The Hall–Kier alpha value is -5.08. The molecule has 7 aromatic rings. The lowest BCUT2D eigenvalue weighted by molar-refractivity contribution is 1.11. The van der Waals surface area contributed by atoms with Gasteiger partial charge in [-0.1, -0.05) is 121 Å². The van der Waals surface area contributed by atoms with E-state index in [1.165, 1.54) is 54.9 Å². The molecule has 0 aliphatic rings. The van der Waals surface area contributed by atoms with Crippen molar-refractivity contribution in [1.82, 2.24) is 9.97 Å². The number of nitrogens with zero attached hydrogens (tertiary/aromatic N) is 2. The Balaban J connectivity index is 1.48. The molecule has 0 bridgehead atoms. The largest absolute Gasteiger partial charge is 0.237 e. The van der Waals surface area contributed by atoms with E-state index < -0.39 is 0 Å². The molecule has 0 radical (unpaired) electrons. The van der Waals surface area contributed by atoms with Crippen LogP contribution in [0.25, 0.3) is 66.3 Å². The van der Waals surface area contributed by atoms with E-state index in [-0.39, 0.29) is 0 Å². The van der Waals surface area contributed by atoms with E-state index in [1.807, 2.05) is 19.2 Å². The maximum absolute atomic E-state index is 4.59. The second-order valence-electron chi connectivity index (χ2n) is 9.89. The van der Waals surface area contributed by atoms with Crippen LogP contribution in [0, 0.1) is 6.92 Å². The van der Waals surface area contributed by atoms with Crippen molar-refractivity contribution >= 4 is 21.5 Å². The van der Waals surface area contributed by atoms with E-state index in [1.54, 1.807) is 0 Å². The Morgan fingerprint density at radius 1 is 0.410 bits per heavy atom. The number of aryl methyl sites for hydroxylation is 1. The number of fused-ring (bicyclic) bond motifs is 2. The van der Waals surface area contributed by atoms with Crippen molar-refractivity contribution in [3.8, 4) is 44.8 Å². The van der Waals surface area contributed by atoms with Gasteiger partial charge >= 0.3 is 0 Å². The summed E-state index contributed by atoms with van der Waals surface area (Å²) in [5.74, 6) is 0.755. The molecule has 184 valence electrons. The van der Waals surface area contributed by atoms with Gasteiger partial charge in [0.05, 0.1) is 0 Å². The van der Waals surface area contributed by atoms with E-state index in [0.717, 1.165) is 17.1 Å². The van der Waals surface area contributed by atoms with Crippen molar-refractivity contribution in [3.05, 3.63) is 145 Å². The van der Waals surface area contributed by atoms with Gasteiger partial charge in [0.2, 0.25) is 0 Å². The maximum Gasteiger partial charge on any atom is 0.159 e. The van der Waals surface area contributed by atoms with Crippen molar-refractivity contribution < 1.29 is 0 Å². The molecule has 0 N–H and O–H groups in total. The highest BCUT2D eigenvalue weighted by molar-refractivity contribution is 6.21. The molecule has 2 nitrogen and oxygen atoms in total. The van der Waals surface area contributed by atoms with Crippen molar-refractivity contribution in [2.75, 3.05) is 0 Å². The van der Waals surface area contributed by atoms with Crippen LogP contribution in [0.5, 0.6) is 0 Å². The third-order valence-electron chi connectivity index (χ3n) is 7.42. The average Bonchev–Trinajstić information content (AvgIpc) is 3.00. The van der Waals surface area contributed by atoms with Gasteiger partial charge in [-0.25, -0.2) is 9.97 Å². The van der Waals surface area contributed by atoms with Crippen molar-refractivity contribution in [3.63, 3.8) is 0 Å². The molecule has 0 spiro atoms. The molecule has 2 heteroatoms. The van der Waals surface area contributed by atoms with Crippen LogP contribution in [0.2, 0.25) is 0 Å². The van der Waals surface area contributed by atoms with Crippen LogP contribution >= 0.6 is 0 Å². The standard InChI is InChI=1S/C37H26N2/c1-25-22-23-38-37(39-25)29-18-16-26(17-19-29)30-20-21-33-34(24-30)36(28-12-6-3-7-13-28)32-15-9-8-14-31(32)35(33)27-10-4-2-5-11-27/h2-24H,1H3. The van der Waals surface area contributed by atoms with E-state index >= 15 is 0 Å². The number of rotatable bonds is 4. The Labute approximate surface area is 228 Å². The van der Waals surface area contributed by atoms with Gasteiger partial charge < -0.3 is 0 Å². The predicted octanol–water partition coefficient (Wildman–Crippen LogP) is 9.76. The van der Waals surface area contributed by atoms with Gasteiger partial charge in [0.25, 0.3) is 0 Å². The maximum atomic E-state index is 4.59. The second kappa shape index (κ2) is 9.66. The molecule has 0 aliphatic heterocycles. The second-order valence-corrected chi connectivity index (χ2v) is 9.89. The molecule has 0 saturated carbocycles. The Morgan fingerprint density at radius 3 is 1.54 bits per heavy atom. The zero-order valence-electron chi connectivity index (χ0n) is 21.7. The number of benzene rings is 6. The average molecular weight is 499 g/mol. The zero-order valence-corrected chi connectivity index (χ0v) is 21.7. The molecule has 39 heavy (non-hydrogen) atoms. The lowest BCUT2D eigenvalue weighted by atomic mass is 9.85. The van der Waals surface area contributed by atoms with E-state index in [9.17, 15) is 0 Å². The molecule has 0 fully saturated rings. The van der Waals surface area contributed by atoms with Crippen LogP contribution in [-0.4, -0.2) is 9.97 Å². The predicted molar refractivity (Wildman–Crippen MR) is 164 cm³/mol. The Kier molecular flexibility index (Phi) is 5.71. The van der Waals surface area contributed by atoms with Gasteiger partial charge in [0.15, 0.2) is 5.82 Å². The smallest absolute Gasteiger partial charge is 0.159 e. The minimum Gasteiger partial charge on any atom is -0.237 e. The third kappa shape index (κ3) is 4.17. The van der Waals surface area contributed by atoms with Crippen LogP contribution in [-0.2, 0) is 0 Å². The highest BCUT2D eigenvalue weighted by Gasteiger charge is 2.17. The normalized spacial score (nSPS) is 11.2. The summed E-state index contributed by atoms with van der Waals surface area (Å²) in [6.07, 6.45) is 1.81. The van der Waals surface area contributed by atoms with Gasteiger partial charge in [-0.05, 0) is 74.0 Å². The first-order valence-corrected chi connectivity index (χ1v) is 13.3. The minimum absolute atomic E-state index is 0.755. The first-order valence-electron chi connectivity index (χ1n) is 13.3. The lowest BCUT2D eigenvalue weighted by Crippen LogP contribution is -1.92. The lowest BCUT2D eigenvalue weighted by Gasteiger charge is -2.18. The van der Waals surface area contributed by atoms with Crippen molar-refractivity contribution in [1.29, 1.82) is 0 Å². The molecule has 7 rings (SSSR count). The summed E-state index contributed by atoms with van der Waals surface area (Å²) in [5, 5.41) is 5.04. The zero-order chi connectivity index (χ0) is 26.2. The first-order chi connectivity index (χ1) is 19.3. The molecular formula is C37H26N2. The van der Waals surface area contributed by atoms with Gasteiger partial charge in [0.1, 0.15) is 0 Å². The molecule has 0 atom stereocenters. The number of aromatic nitrogens is 2. The van der Waals surface area contributed by atoms with Crippen LogP contribution in [0.15, 0.2) is 140 Å². The van der Waals surface area contributed by atoms with Crippen LogP contribution < -0.4 is 0 Å². The SMILES string of the molecule is Cc1ccnc(-c2ccc(-c3ccc4c(-c5ccccc5)c5ccccc5c(-c5ccccc5)c4c3)cc2)n1. The summed E-state index contributed by atoms with van der Waals surface area (Å²) in [6, 6.07) is 47.7. The number of hydrogen-bond acceptors (Lipinski definition) is 2. The summed E-state index contributed by atoms with van der Waals surface area (Å²) in [6.45, 7) is 1.99. The summed E-state index contributed by atoms with van der Waals surface area (Å²) in [7, 11) is 0. The molecule has 6 aromatic carbocycles. The van der Waals surface area contributed by atoms with Gasteiger partial charge in [-0.3, -0.25) is 0 Å². The molecule has 1 heterocycles. The molecule has 0 aliphatic carbocycles. The summed E-state index contributed by atoms with van der Waals surface area (Å²) in [5.41, 5.74) is 9.34. The highest BCUT2D eigenvalue weighted by atomic mass is 14.9. The molecular weight excluding hydrogens is 472 g/mol. The van der Waals surface area contributed by atoms with E-state index in [2.05, 4.69) is 137 Å². The molecule has 0 amide bonds. The molecule has 0 saturated heterocycles.